The quantitative estimate of drug-likeness (QED) is 0.778. The maximum atomic E-state index is 12.9. The summed E-state index contributed by atoms with van der Waals surface area (Å²) in [6.07, 6.45) is 3.96. The van der Waals surface area contributed by atoms with E-state index in [1.807, 2.05) is 33.0 Å². The average molecular weight is 193 g/mol. The highest BCUT2D eigenvalue weighted by molar-refractivity contribution is 5.54. The van der Waals surface area contributed by atoms with Crippen molar-refractivity contribution in [2.75, 3.05) is 7.05 Å². The van der Waals surface area contributed by atoms with Crippen LogP contribution in [-0.2, 0) is 0 Å². The van der Waals surface area contributed by atoms with E-state index in [4.69, 9.17) is 0 Å². The van der Waals surface area contributed by atoms with Crippen molar-refractivity contribution >= 4 is 6.08 Å². The van der Waals surface area contributed by atoms with Crippen LogP contribution in [0.2, 0.25) is 0 Å². The van der Waals surface area contributed by atoms with Gasteiger partial charge in [0.05, 0.1) is 0 Å². The third-order valence-corrected chi connectivity index (χ3v) is 2.26. The molecule has 1 nitrogen and oxygen atoms in total. The Labute approximate surface area is 84.6 Å². The number of nitrogens with one attached hydrogen (secondary N) is 1. The standard InChI is InChI=1S/C12H16FN/c1-9-4-7-12(13)8-11(9)6-5-10(2)14-3/h4-8,10,14H,1-3H3/b6-5+. The molecule has 0 fully saturated rings. The van der Waals surface area contributed by atoms with Crippen molar-refractivity contribution < 1.29 is 4.39 Å². The highest BCUT2D eigenvalue weighted by Gasteiger charge is 1.97. The molecule has 0 spiro atoms. The molecule has 0 heterocycles. The summed E-state index contributed by atoms with van der Waals surface area (Å²) in [5, 5.41) is 3.09. The van der Waals surface area contributed by atoms with Gasteiger partial charge in [0.2, 0.25) is 0 Å². The van der Waals surface area contributed by atoms with Crippen molar-refractivity contribution in [3.63, 3.8) is 0 Å². The number of benzene rings is 1. The molecule has 2 heteroatoms. The number of hydrogen-bond acceptors (Lipinski definition) is 1. The van der Waals surface area contributed by atoms with E-state index in [0.717, 1.165) is 11.1 Å². The Morgan fingerprint density at radius 1 is 1.43 bits per heavy atom. The van der Waals surface area contributed by atoms with Crippen LogP contribution in [0.4, 0.5) is 4.39 Å². The normalized spacial score (nSPS) is 13.4. The summed E-state index contributed by atoms with van der Waals surface area (Å²) in [5.74, 6) is -0.188. The molecule has 1 atom stereocenters. The fraction of sp³-hybridized carbons (Fsp3) is 0.333. The third-order valence-electron chi connectivity index (χ3n) is 2.26. The Balaban J connectivity index is 2.85. The van der Waals surface area contributed by atoms with Gasteiger partial charge < -0.3 is 5.32 Å². The summed E-state index contributed by atoms with van der Waals surface area (Å²) < 4.78 is 12.9. The second-order valence-electron chi connectivity index (χ2n) is 3.44. The van der Waals surface area contributed by atoms with E-state index in [0.29, 0.717) is 6.04 Å². The van der Waals surface area contributed by atoms with E-state index in [2.05, 4.69) is 5.32 Å². The number of aryl methyl sites for hydroxylation is 1. The molecule has 1 aromatic carbocycles. The lowest BCUT2D eigenvalue weighted by Gasteiger charge is -2.04. The van der Waals surface area contributed by atoms with Gasteiger partial charge in [-0.2, -0.15) is 0 Å². The van der Waals surface area contributed by atoms with E-state index in [1.54, 1.807) is 12.1 Å². The molecule has 0 radical (unpaired) electrons. The van der Waals surface area contributed by atoms with Gasteiger partial charge in [-0.25, -0.2) is 4.39 Å². The topological polar surface area (TPSA) is 12.0 Å². The minimum atomic E-state index is -0.188. The van der Waals surface area contributed by atoms with Crippen LogP contribution in [0.5, 0.6) is 0 Å². The molecule has 0 amide bonds. The number of rotatable bonds is 3. The van der Waals surface area contributed by atoms with Crippen LogP contribution in [0.15, 0.2) is 24.3 Å². The van der Waals surface area contributed by atoms with Crippen LogP contribution in [0.1, 0.15) is 18.1 Å². The van der Waals surface area contributed by atoms with E-state index >= 15 is 0 Å². The smallest absolute Gasteiger partial charge is 0.123 e. The zero-order valence-corrected chi connectivity index (χ0v) is 8.84. The summed E-state index contributed by atoms with van der Waals surface area (Å²) in [6.45, 7) is 4.02. The van der Waals surface area contributed by atoms with E-state index < -0.39 is 0 Å². The summed E-state index contributed by atoms with van der Waals surface area (Å²) in [5.41, 5.74) is 2.03. The molecule has 0 bridgehead atoms. The van der Waals surface area contributed by atoms with Crippen LogP contribution in [0, 0.1) is 12.7 Å². The minimum absolute atomic E-state index is 0.188. The van der Waals surface area contributed by atoms with E-state index in [9.17, 15) is 4.39 Å². The number of likely N-dealkylation sites (N-methyl/N-ethyl adjacent to an activating group) is 1. The maximum absolute atomic E-state index is 12.9. The summed E-state index contributed by atoms with van der Waals surface area (Å²) in [4.78, 5) is 0. The predicted octanol–water partition coefficient (Wildman–Crippen LogP) is 2.76. The zero-order valence-electron chi connectivity index (χ0n) is 8.84. The van der Waals surface area contributed by atoms with Crippen LogP contribution >= 0.6 is 0 Å². The Bertz CT molecular complexity index is 331. The number of hydrogen-bond donors (Lipinski definition) is 1. The molecule has 0 aliphatic rings. The highest BCUT2D eigenvalue weighted by atomic mass is 19.1. The lowest BCUT2D eigenvalue weighted by atomic mass is 10.1. The fourth-order valence-corrected chi connectivity index (χ4v) is 1.14. The van der Waals surface area contributed by atoms with Gasteiger partial charge in [0.15, 0.2) is 0 Å². The number of halogens is 1. The molecule has 1 unspecified atom stereocenters. The molecule has 0 aliphatic heterocycles. The van der Waals surface area contributed by atoms with Crippen LogP contribution in [-0.4, -0.2) is 13.1 Å². The van der Waals surface area contributed by atoms with E-state index in [1.165, 1.54) is 6.07 Å². The Morgan fingerprint density at radius 3 is 2.79 bits per heavy atom. The highest BCUT2D eigenvalue weighted by Crippen LogP contribution is 2.12. The molecule has 0 saturated heterocycles. The van der Waals surface area contributed by atoms with Gasteiger partial charge in [0.1, 0.15) is 5.82 Å². The van der Waals surface area contributed by atoms with Gasteiger partial charge in [0, 0.05) is 6.04 Å². The van der Waals surface area contributed by atoms with Crippen molar-refractivity contribution in [1.29, 1.82) is 0 Å². The van der Waals surface area contributed by atoms with Gasteiger partial charge >= 0.3 is 0 Å². The predicted molar refractivity (Wildman–Crippen MR) is 58.7 cm³/mol. The minimum Gasteiger partial charge on any atom is -0.314 e. The van der Waals surface area contributed by atoms with E-state index in [-0.39, 0.29) is 5.82 Å². The third kappa shape index (κ3) is 2.96. The van der Waals surface area contributed by atoms with Crippen molar-refractivity contribution in [3.8, 4) is 0 Å². The average Bonchev–Trinajstić information content (AvgIpc) is 2.19. The molecular weight excluding hydrogens is 177 g/mol. The van der Waals surface area contributed by atoms with Gasteiger partial charge in [-0.05, 0) is 44.2 Å². The van der Waals surface area contributed by atoms with Crippen molar-refractivity contribution in [2.45, 2.75) is 19.9 Å². The van der Waals surface area contributed by atoms with Crippen LogP contribution < -0.4 is 5.32 Å². The Morgan fingerprint density at radius 2 is 2.14 bits per heavy atom. The lowest BCUT2D eigenvalue weighted by Crippen LogP contribution is -2.17. The second kappa shape index (κ2) is 4.91. The maximum Gasteiger partial charge on any atom is 0.123 e. The second-order valence-corrected chi connectivity index (χ2v) is 3.44. The Hall–Kier alpha value is -1.15. The molecule has 0 aromatic heterocycles. The Kier molecular flexibility index (Phi) is 3.84. The molecular formula is C12H16FN. The molecule has 0 aliphatic carbocycles. The molecule has 14 heavy (non-hydrogen) atoms. The SMILES string of the molecule is CNC(C)/C=C/c1cc(F)ccc1C. The van der Waals surface area contributed by atoms with Gasteiger partial charge in [-0.1, -0.05) is 18.2 Å². The van der Waals surface area contributed by atoms with Crippen LogP contribution in [0.25, 0.3) is 6.08 Å². The van der Waals surface area contributed by atoms with Gasteiger partial charge in [0.25, 0.3) is 0 Å². The molecule has 76 valence electrons. The van der Waals surface area contributed by atoms with Crippen molar-refractivity contribution in [1.82, 2.24) is 5.32 Å². The molecule has 1 aromatic rings. The van der Waals surface area contributed by atoms with Crippen molar-refractivity contribution in [3.05, 3.63) is 41.2 Å². The first-order valence-electron chi connectivity index (χ1n) is 4.75. The first-order chi connectivity index (χ1) is 6.63. The lowest BCUT2D eigenvalue weighted by molar-refractivity contribution is 0.627. The largest absolute Gasteiger partial charge is 0.314 e. The molecule has 1 N–H and O–H groups in total. The first kappa shape index (κ1) is 10.9. The fourth-order valence-electron chi connectivity index (χ4n) is 1.14. The summed E-state index contributed by atoms with van der Waals surface area (Å²) in [6, 6.07) is 5.12. The van der Waals surface area contributed by atoms with Crippen LogP contribution in [0.3, 0.4) is 0 Å². The monoisotopic (exact) mass is 193 g/mol. The molecule has 0 saturated carbocycles. The summed E-state index contributed by atoms with van der Waals surface area (Å²) >= 11 is 0. The van der Waals surface area contributed by atoms with Gasteiger partial charge in [-0.3, -0.25) is 0 Å². The van der Waals surface area contributed by atoms with Crippen molar-refractivity contribution in [2.24, 2.45) is 0 Å². The summed E-state index contributed by atoms with van der Waals surface area (Å²) in [7, 11) is 1.90. The van der Waals surface area contributed by atoms with Gasteiger partial charge in [-0.15, -0.1) is 0 Å². The first-order valence-corrected chi connectivity index (χ1v) is 4.75. The zero-order chi connectivity index (χ0) is 10.6. The molecule has 1 rings (SSSR count).